The quantitative estimate of drug-likeness (QED) is 0.711. The van der Waals surface area contributed by atoms with Crippen molar-refractivity contribution in [3.63, 3.8) is 0 Å². The van der Waals surface area contributed by atoms with Crippen LogP contribution in [-0.4, -0.2) is 18.8 Å². The molecule has 0 radical (unpaired) electrons. The van der Waals surface area contributed by atoms with Gasteiger partial charge in [-0.3, -0.25) is 0 Å². The summed E-state index contributed by atoms with van der Waals surface area (Å²) < 4.78 is 11.1. The van der Waals surface area contributed by atoms with E-state index in [1.807, 2.05) is 6.92 Å². The highest BCUT2D eigenvalue weighted by Gasteiger charge is 2.35. The van der Waals surface area contributed by atoms with E-state index in [4.69, 9.17) is 9.47 Å². The summed E-state index contributed by atoms with van der Waals surface area (Å²) in [6, 6.07) is 6.50. The number of epoxide rings is 1. The fourth-order valence-corrected chi connectivity index (χ4v) is 2.58. The van der Waals surface area contributed by atoms with Crippen LogP contribution in [0.25, 0.3) is 0 Å². The Kier molecular flexibility index (Phi) is 4.28. The van der Waals surface area contributed by atoms with Crippen molar-refractivity contribution in [3.8, 4) is 5.75 Å². The monoisotopic (exact) mass is 248 g/mol. The molecule has 3 unspecified atom stereocenters. The van der Waals surface area contributed by atoms with Gasteiger partial charge in [-0.2, -0.15) is 0 Å². The molecule has 100 valence electrons. The van der Waals surface area contributed by atoms with E-state index in [9.17, 15) is 0 Å². The normalized spacial score (nSPS) is 23.8. The van der Waals surface area contributed by atoms with Crippen LogP contribution in [0.1, 0.15) is 51.2 Å². The smallest absolute Gasteiger partial charge is 0.119 e. The van der Waals surface area contributed by atoms with E-state index < -0.39 is 0 Å². The first kappa shape index (κ1) is 13.4. The summed E-state index contributed by atoms with van der Waals surface area (Å²) in [6.07, 6.45) is 3.11. The lowest BCUT2D eigenvalue weighted by atomic mass is 9.90. The van der Waals surface area contributed by atoms with Crippen LogP contribution in [0, 0.1) is 0 Å². The lowest BCUT2D eigenvalue weighted by Gasteiger charge is -2.16. The van der Waals surface area contributed by atoms with Gasteiger partial charge < -0.3 is 9.47 Å². The first-order valence-corrected chi connectivity index (χ1v) is 7.06. The van der Waals surface area contributed by atoms with E-state index in [-0.39, 0.29) is 0 Å². The molecule has 1 fully saturated rings. The highest BCUT2D eigenvalue weighted by atomic mass is 16.6. The van der Waals surface area contributed by atoms with Crippen LogP contribution in [-0.2, 0) is 11.2 Å². The van der Waals surface area contributed by atoms with Crippen molar-refractivity contribution in [1.29, 1.82) is 0 Å². The van der Waals surface area contributed by atoms with Crippen molar-refractivity contribution in [2.45, 2.75) is 58.7 Å². The molecule has 1 saturated heterocycles. The van der Waals surface area contributed by atoms with Crippen LogP contribution in [0.2, 0.25) is 0 Å². The van der Waals surface area contributed by atoms with Crippen LogP contribution < -0.4 is 4.74 Å². The highest BCUT2D eigenvalue weighted by Crippen LogP contribution is 2.34. The minimum Gasteiger partial charge on any atom is -0.494 e. The predicted molar refractivity (Wildman–Crippen MR) is 74.4 cm³/mol. The van der Waals surface area contributed by atoms with Gasteiger partial charge in [-0.1, -0.05) is 19.9 Å². The molecular formula is C16H24O2. The minimum atomic E-state index is 0.459. The SMILES string of the molecule is CCOc1ccc(C(C)CC2OC2C)c(CC)c1. The van der Waals surface area contributed by atoms with E-state index in [1.54, 1.807) is 0 Å². The van der Waals surface area contributed by atoms with E-state index >= 15 is 0 Å². The zero-order valence-corrected chi connectivity index (χ0v) is 11.9. The zero-order valence-electron chi connectivity index (χ0n) is 11.9. The summed E-state index contributed by atoms with van der Waals surface area (Å²) in [5, 5.41) is 0. The second-order valence-electron chi connectivity index (χ2n) is 5.16. The lowest BCUT2D eigenvalue weighted by Crippen LogP contribution is -2.04. The Labute approximate surface area is 110 Å². The van der Waals surface area contributed by atoms with Crippen molar-refractivity contribution < 1.29 is 9.47 Å². The number of hydrogen-bond acceptors (Lipinski definition) is 2. The molecule has 0 amide bonds. The van der Waals surface area contributed by atoms with Crippen LogP contribution in [0.15, 0.2) is 18.2 Å². The third kappa shape index (κ3) is 3.05. The van der Waals surface area contributed by atoms with Gasteiger partial charge in [-0.25, -0.2) is 0 Å². The topological polar surface area (TPSA) is 21.8 Å². The summed E-state index contributed by atoms with van der Waals surface area (Å²) in [5.74, 6) is 1.55. The lowest BCUT2D eigenvalue weighted by molar-refractivity contribution is 0.339. The van der Waals surface area contributed by atoms with E-state index in [0.717, 1.165) is 25.2 Å². The first-order chi connectivity index (χ1) is 8.65. The molecule has 2 nitrogen and oxygen atoms in total. The van der Waals surface area contributed by atoms with Gasteiger partial charge in [0.15, 0.2) is 0 Å². The summed E-state index contributed by atoms with van der Waals surface area (Å²) in [5.41, 5.74) is 2.85. The number of aryl methyl sites for hydroxylation is 1. The Morgan fingerprint density at radius 3 is 2.61 bits per heavy atom. The van der Waals surface area contributed by atoms with Crippen LogP contribution in [0.5, 0.6) is 5.75 Å². The average molecular weight is 248 g/mol. The zero-order chi connectivity index (χ0) is 13.1. The fraction of sp³-hybridized carbons (Fsp3) is 0.625. The van der Waals surface area contributed by atoms with Crippen molar-refractivity contribution >= 4 is 0 Å². The third-order valence-electron chi connectivity index (χ3n) is 3.76. The van der Waals surface area contributed by atoms with Crippen molar-refractivity contribution in [3.05, 3.63) is 29.3 Å². The molecule has 2 rings (SSSR count). The van der Waals surface area contributed by atoms with E-state index in [0.29, 0.717) is 18.1 Å². The highest BCUT2D eigenvalue weighted by molar-refractivity contribution is 5.37. The van der Waals surface area contributed by atoms with Gasteiger partial charge in [-0.15, -0.1) is 0 Å². The van der Waals surface area contributed by atoms with Crippen LogP contribution >= 0.6 is 0 Å². The van der Waals surface area contributed by atoms with Crippen molar-refractivity contribution in [2.24, 2.45) is 0 Å². The van der Waals surface area contributed by atoms with Crippen molar-refractivity contribution in [1.82, 2.24) is 0 Å². The Balaban J connectivity index is 2.10. The molecule has 1 aliphatic rings. The third-order valence-corrected chi connectivity index (χ3v) is 3.76. The molecule has 0 aromatic heterocycles. The Hall–Kier alpha value is -1.02. The molecular weight excluding hydrogens is 224 g/mol. The number of hydrogen-bond donors (Lipinski definition) is 0. The van der Waals surface area contributed by atoms with E-state index in [2.05, 4.69) is 39.0 Å². The van der Waals surface area contributed by atoms with E-state index in [1.165, 1.54) is 11.1 Å². The summed E-state index contributed by atoms with van der Waals surface area (Å²) in [6.45, 7) is 9.40. The van der Waals surface area contributed by atoms with Gasteiger partial charge in [0.05, 0.1) is 18.8 Å². The molecule has 2 heteroatoms. The number of rotatable bonds is 6. The molecule has 0 bridgehead atoms. The van der Waals surface area contributed by atoms with Gasteiger partial charge in [0, 0.05) is 0 Å². The molecule has 18 heavy (non-hydrogen) atoms. The largest absolute Gasteiger partial charge is 0.494 e. The second-order valence-corrected chi connectivity index (χ2v) is 5.16. The summed E-state index contributed by atoms with van der Waals surface area (Å²) >= 11 is 0. The van der Waals surface area contributed by atoms with Gasteiger partial charge in [-0.05, 0) is 55.9 Å². The molecule has 0 N–H and O–H groups in total. The van der Waals surface area contributed by atoms with Gasteiger partial charge in [0.25, 0.3) is 0 Å². The van der Waals surface area contributed by atoms with Gasteiger partial charge in [0.2, 0.25) is 0 Å². The van der Waals surface area contributed by atoms with Crippen LogP contribution in [0.3, 0.4) is 0 Å². The van der Waals surface area contributed by atoms with Gasteiger partial charge >= 0.3 is 0 Å². The average Bonchev–Trinajstić information content (AvgIpc) is 3.05. The minimum absolute atomic E-state index is 0.459. The molecule has 0 saturated carbocycles. The van der Waals surface area contributed by atoms with Crippen molar-refractivity contribution in [2.75, 3.05) is 6.61 Å². The molecule has 0 spiro atoms. The fourth-order valence-electron chi connectivity index (χ4n) is 2.58. The maximum atomic E-state index is 5.57. The first-order valence-electron chi connectivity index (χ1n) is 7.06. The molecule has 1 aliphatic heterocycles. The molecule has 1 aromatic rings. The summed E-state index contributed by atoms with van der Waals surface area (Å²) in [7, 11) is 0. The Morgan fingerprint density at radius 1 is 1.33 bits per heavy atom. The predicted octanol–water partition coefficient (Wildman–Crippen LogP) is 3.93. The second kappa shape index (κ2) is 5.75. The maximum Gasteiger partial charge on any atom is 0.119 e. The van der Waals surface area contributed by atoms with Crippen LogP contribution in [0.4, 0.5) is 0 Å². The molecule has 1 heterocycles. The molecule has 3 atom stereocenters. The Morgan fingerprint density at radius 2 is 2.06 bits per heavy atom. The molecule has 1 aromatic carbocycles. The standard InChI is InChI=1S/C16H24O2/c1-5-13-10-14(17-6-2)7-8-15(13)11(3)9-16-12(4)18-16/h7-8,10-12,16H,5-6,9H2,1-4H3. The summed E-state index contributed by atoms with van der Waals surface area (Å²) in [4.78, 5) is 0. The molecule has 0 aliphatic carbocycles. The van der Waals surface area contributed by atoms with Gasteiger partial charge in [0.1, 0.15) is 5.75 Å². The Bertz CT molecular complexity index is 400. The number of benzene rings is 1. The maximum absolute atomic E-state index is 5.57. The number of ether oxygens (including phenoxy) is 2.